The monoisotopic (exact) mass is 357 g/mol. The molecular formula is C18H15NO3S2. The van der Waals surface area contributed by atoms with Gasteiger partial charge in [-0.3, -0.25) is 9.52 Å². The zero-order valence-corrected chi connectivity index (χ0v) is 14.5. The summed E-state index contributed by atoms with van der Waals surface area (Å²) in [6, 6.07) is 16.3. The third-order valence-corrected chi connectivity index (χ3v) is 5.75. The summed E-state index contributed by atoms with van der Waals surface area (Å²) < 4.78 is 27.5. The van der Waals surface area contributed by atoms with Crippen LogP contribution in [0.1, 0.15) is 17.3 Å². The van der Waals surface area contributed by atoms with E-state index in [1.54, 1.807) is 22.9 Å². The number of hydrogen-bond donors (Lipinski definition) is 1. The molecule has 3 aromatic rings. The average molecular weight is 357 g/mol. The summed E-state index contributed by atoms with van der Waals surface area (Å²) in [7, 11) is -3.72. The van der Waals surface area contributed by atoms with Crippen molar-refractivity contribution in [1.82, 2.24) is 0 Å². The zero-order valence-electron chi connectivity index (χ0n) is 12.9. The van der Waals surface area contributed by atoms with E-state index < -0.39 is 10.0 Å². The molecule has 0 aliphatic carbocycles. The van der Waals surface area contributed by atoms with Gasteiger partial charge in [-0.1, -0.05) is 36.4 Å². The molecule has 0 radical (unpaired) electrons. The van der Waals surface area contributed by atoms with Crippen LogP contribution >= 0.6 is 11.3 Å². The van der Waals surface area contributed by atoms with Crippen molar-refractivity contribution in [2.24, 2.45) is 0 Å². The Labute approximate surface area is 144 Å². The highest BCUT2D eigenvalue weighted by molar-refractivity contribution is 7.92. The second-order valence-electron chi connectivity index (χ2n) is 5.25. The third kappa shape index (κ3) is 3.39. The van der Waals surface area contributed by atoms with Crippen molar-refractivity contribution >= 4 is 32.8 Å². The Balaban J connectivity index is 2.06. The lowest BCUT2D eigenvalue weighted by Crippen LogP contribution is -2.14. The molecular weight excluding hydrogens is 342 g/mol. The normalized spacial score (nSPS) is 11.2. The summed E-state index contributed by atoms with van der Waals surface area (Å²) in [5.41, 5.74) is 2.41. The van der Waals surface area contributed by atoms with Crippen LogP contribution < -0.4 is 4.72 Å². The molecule has 1 N–H and O–H groups in total. The molecule has 1 aromatic heterocycles. The molecule has 122 valence electrons. The summed E-state index contributed by atoms with van der Waals surface area (Å²) in [5, 5.41) is 3.25. The van der Waals surface area contributed by atoms with Crippen molar-refractivity contribution in [1.29, 1.82) is 0 Å². The van der Waals surface area contributed by atoms with Crippen LogP contribution in [0.4, 0.5) is 5.69 Å². The van der Waals surface area contributed by atoms with E-state index in [0.29, 0.717) is 5.56 Å². The Hall–Kier alpha value is -2.44. The molecule has 1 heterocycles. The van der Waals surface area contributed by atoms with E-state index in [1.807, 2.05) is 36.4 Å². The first kappa shape index (κ1) is 16.4. The van der Waals surface area contributed by atoms with E-state index in [1.165, 1.54) is 24.3 Å². The number of nitrogens with one attached hydrogen (secondary N) is 1. The number of hydrogen-bond acceptors (Lipinski definition) is 4. The van der Waals surface area contributed by atoms with Crippen molar-refractivity contribution in [3.63, 3.8) is 0 Å². The number of rotatable bonds is 5. The fourth-order valence-electron chi connectivity index (χ4n) is 2.35. The molecule has 0 saturated heterocycles. The Bertz CT molecular complexity index is 963. The number of carbonyl (C=O) groups excluding carboxylic acids is 1. The van der Waals surface area contributed by atoms with E-state index in [0.717, 1.165) is 11.1 Å². The molecule has 0 spiro atoms. The molecule has 6 heteroatoms. The Morgan fingerprint density at radius 1 is 1.00 bits per heavy atom. The smallest absolute Gasteiger partial charge is 0.262 e. The summed E-state index contributed by atoms with van der Waals surface area (Å²) in [4.78, 5) is 12.0. The van der Waals surface area contributed by atoms with Crippen LogP contribution in [0.15, 0.2) is 70.3 Å². The summed E-state index contributed by atoms with van der Waals surface area (Å²) >= 11 is 1.30. The number of anilines is 1. The maximum Gasteiger partial charge on any atom is 0.262 e. The van der Waals surface area contributed by atoms with Gasteiger partial charge in [0.1, 0.15) is 0 Å². The lowest BCUT2D eigenvalue weighted by Gasteiger charge is -2.12. The van der Waals surface area contributed by atoms with Crippen LogP contribution in [0.3, 0.4) is 0 Å². The first-order chi connectivity index (χ1) is 11.5. The Morgan fingerprint density at radius 2 is 1.75 bits per heavy atom. The number of thiophene rings is 1. The first-order valence-corrected chi connectivity index (χ1v) is 9.65. The fraction of sp³-hybridized carbons (Fsp3) is 0.0556. The SMILES string of the molecule is CC(=O)c1ccc(-c2ccccc2)cc1NS(=O)(=O)c1ccsc1. The summed E-state index contributed by atoms with van der Waals surface area (Å²) in [5.74, 6) is -0.197. The fourth-order valence-corrected chi connectivity index (χ4v) is 4.45. The van der Waals surface area contributed by atoms with Gasteiger partial charge in [0.15, 0.2) is 5.78 Å². The molecule has 0 unspecified atom stereocenters. The minimum absolute atomic E-state index is 0.187. The lowest BCUT2D eigenvalue weighted by atomic mass is 10.0. The van der Waals surface area contributed by atoms with Crippen LogP contribution in [0.2, 0.25) is 0 Å². The molecule has 0 aliphatic heterocycles. The Kier molecular flexibility index (Phi) is 4.51. The number of ketones is 1. The van der Waals surface area contributed by atoms with Gasteiger partial charge in [0.05, 0.1) is 10.6 Å². The minimum Gasteiger partial charge on any atom is -0.294 e. The second-order valence-corrected chi connectivity index (χ2v) is 7.71. The van der Waals surface area contributed by atoms with Crippen molar-refractivity contribution in [3.8, 4) is 11.1 Å². The van der Waals surface area contributed by atoms with Crippen LogP contribution in [0.25, 0.3) is 11.1 Å². The maximum absolute atomic E-state index is 12.5. The quantitative estimate of drug-likeness (QED) is 0.688. The molecule has 0 bridgehead atoms. The zero-order chi connectivity index (χ0) is 17.2. The standard InChI is InChI=1S/C18H15NO3S2/c1-13(20)17-8-7-15(14-5-3-2-4-6-14)11-18(17)19-24(21,22)16-9-10-23-12-16/h2-12,19H,1H3. The van der Waals surface area contributed by atoms with E-state index in [-0.39, 0.29) is 16.4 Å². The number of benzene rings is 2. The maximum atomic E-state index is 12.5. The van der Waals surface area contributed by atoms with Gasteiger partial charge in [-0.2, -0.15) is 11.3 Å². The highest BCUT2D eigenvalue weighted by Gasteiger charge is 2.18. The van der Waals surface area contributed by atoms with Gasteiger partial charge in [-0.15, -0.1) is 0 Å². The predicted octanol–water partition coefficient (Wildman–Crippen LogP) is 4.42. The van der Waals surface area contributed by atoms with Gasteiger partial charge >= 0.3 is 0 Å². The molecule has 0 atom stereocenters. The molecule has 0 aliphatic rings. The van der Waals surface area contributed by atoms with Crippen molar-refractivity contribution in [2.75, 3.05) is 4.72 Å². The van der Waals surface area contributed by atoms with Gasteiger partial charge < -0.3 is 0 Å². The van der Waals surface area contributed by atoms with Crippen LogP contribution in [0.5, 0.6) is 0 Å². The topological polar surface area (TPSA) is 63.2 Å². The highest BCUT2D eigenvalue weighted by atomic mass is 32.2. The molecule has 3 rings (SSSR count). The minimum atomic E-state index is -3.72. The largest absolute Gasteiger partial charge is 0.294 e. The predicted molar refractivity (Wildman–Crippen MR) is 97.0 cm³/mol. The number of Topliss-reactive ketones (excluding diaryl/α,β-unsaturated/α-hetero) is 1. The van der Waals surface area contributed by atoms with Gasteiger partial charge in [0.25, 0.3) is 10.0 Å². The van der Waals surface area contributed by atoms with E-state index in [9.17, 15) is 13.2 Å². The molecule has 0 fully saturated rings. The van der Waals surface area contributed by atoms with Gasteiger partial charge in [0, 0.05) is 10.9 Å². The third-order valence-electron chi connectivity index (χ3n) is 3.56. The van der Waals surface area contributed by atoms with Gasteiger partial charge in [0.2, 0.25) is 0 Å². The first-order valence-electron chi connectivity index (χ1n) is 7.23. The average Bonchev–Trinajstić information content (AvgIpc) is 3.10. The van der Waals surface area contributed by atoms with Crippen molar-refractivity contribution in [3.05, 3.63) is 70.9 Å². The Morgan fingerprint density at radius 3 is 2.38 bits per heavy atom. The van der Waals surface area contributed by atoms with Crippen LogP contribution in [-0.2, 0) is 10.0 Å². The molecule has 2 aromatic carbocycles. The van der Waals surface area contributed by atoms with Crippen LogP contribution in [0, 0.1) is 0 Å². The molecule has 0 saturated carbocycles. The second kappa shape index (κ2) is 6.59. The van der Waals surface area contributed by atoms with Crippen LogP contribution in [-0.4, -0.2) is 14.2 Å². The molecule has 0 amide bonds. The molecule has 4 nitrogen and oxygen atoms in total. The summed E-state index contributed by atoms with van der Waals surface area (Å²) in [6.45, 7) is 1.42. The lowest BCUT2D eigenvalue weighted by molar-refractivity contribution is 0.101. The van der Waals surface area contributed by atoms with Crippen molar-refractivity contribution in [2.45, 2.75) is 11.8 Å². The summed E-state index contributed by atoms with van der Waals surface area (Å²) in [6.07, 6.45) is 0. The highest BCUT2D eigenvalue weighted by Crippen LogP contribution is 2.28. The number of carbonyl (C=O) groups is 1. The van der Waals surface area contributed by atoms with E-state index >= 15 is 0 Å². The van der Waals surface area contributed by atoms with Gasteiger partial charge in [-0.25, -0.2) is 8.42 Å². The van der Waals surface area contributed by atoms with E-state index in [2.05, 4.69) is 4.72 Å². The number of sulfonamides is 1. The van der Waals surface area contributed by atoms with Gasteiger partial charge in [-0.05, 0) is 41.6 Å². The van der Waals surface area contributed by atoms with E-state index in [4.69, 9.17) is 0 Å². The molecule has 24 heavy (non-hydrogen) atoms. The van der Waals surface area contributed by atoms with Crippen molar-refractivity contribution < 1.29 is 13.2 Å².